The van der Waals surface area contributed by atoms with Gasteiger partial charge < -0.3 is 9.47 Å². The molecule has 0 radical (unpaired) electrons. The number of carbonyl (C=O) groups excluding carboxylic acids is 1. The van der Waals surface area contributed by atoms with Crippen LogP contribution in [-0.4, -0.2) is 18.4 Å². The van der Waals surface area contributed by atoms with Crippen LogP contribution >= 0.6 is 0 Å². The van der Waals surface area contributed by atoms with Crippen LogP contribution in [0.4, 0.5) is 0 Å². The van der Waals surface area contributed by atoms with Crippen molar-refractivity contribution in [3.8, 4) is 0 Å². The molecule has 2 aliphatic carbocycles. The molecule has 2 saturated carbocycles. The molecule has 0 spiro atoms. The number of fused-ring (bicyclic) bond motifs is 1. The average Bonchev–Trinajstić information content (AvgIpc) is 2.39. The summed E-state index contributed by atoms with van der Waals surface area (Å²) in [6.45, 7) is 7.06. The van der Waals surface area contributed by atoms with Crippen LogP contribution in [0.2, 0.25) is 0 Å². The lowest BCUT2D eigenvalue weighted by atomic mass is 9.69. The molecular formula is C16H26O3. The number of hydrogen-bond acceptors (Lipinski definition) is 3. The van der Waals surface area contributed by atoms with Crippen LogP contribution < -0.4 is 0 Å². The molecule has 0 saturated heterocycles. The summed E-state index contributed by atoms with van der Waals surface area (Å²) in [5, 5.41) is 0. The summed E-state index contributed by atoms with van der Waals surface area (Å²) < 4.78 is 11.2. The molecule has 4 atom stereocenters. The Bertz CT molecular complexity index is 335. The lowest BCUT2D eigenvalue weighted by Gasteiger charge is -2.41. The minimum atomic E-state index is -0.463. The van der Waals surface area contributed by atoms with E-state index in [1.807, 2.05) is 6.92 Å². The van der Waals surface area contributed by atoms with E-state index in [0.717, 1.165) is 12.3 Å². The molecule has 108 valence electrons. The number of rotatable bonds is 4. The largest absolute Gasteiger partial charge is 0.433 e. The monoisotopic (exact) mass is 266 g/mol. The third-order valence-electron chi connectivity index (χ3n) is 4.50. The zero-order chi connectivity index (χ0) is 13.8. The summed E-state index contributed by atoms with van der Waals surface area (Å²) in [5.74, 6) is 1.15. The van der Waals surface area contributed by atoms with E-state index in [2.05, 4.69) is 6.58 Å². The first-order chi connectivity index (χ1) is 9.08. The Morgan fingerprint density at radius 2 is 1.84 bits per heavy atom. The highest BCUT2D eigenvalue weighted by molar-refractivity contribution is 5.86. The minimum Gasteiger partial charge on any atom is -0.433 e. The molecule has 4 unspecified atom stereocenters. The molecule has 2 aliphatic rings. The Balaban J connectivity index is 1.86. The third-order valence-corrected chi connectivity index (χ3v) is 4.50. The van der Waals surface area contributed by atoms with E-state index in [0.29, 0.717) is 11.5 Å². The first-order valence-electron chi connectivity index (χ1n) is 7.60. The van der Waals surface area contributed by atoms with E-state index in [9.17, 15) is 4.79 Å². The van der Waals surface area contributed by atoms with Gasteiger partial charge in [0, 0.05) is 5.57 Å². The second-order valence-corrected chi connectivity index (χ2v) is 6.07. The van der Waals surface area contributed by atoms with Crippen molar-refractivity contribution in [2.45, 2.75) is 71.2 Å². The third kappa shape index (κ3) is 3.82. The topological polar surface area (TPSA) is 35.5 Å². The quantitative estimate of drug-likeness (QED) is 0.441. The fourth-order valence-corrected chi connectivity index (χ4v) is 3.57. The van der Waals surface area contributed by atoms with Crippen molar-refractivity contribution >= 4 is 5.97 Å². The Morgan fingerprint density at radius 1 is 1.16 bits per heavy atom. The summed E-state index contributed by atoms with van der Waals surface area (Å²) in [6, 6.07) is 0. The molecule has 0 N–H and O–H groups in total. The molecule has 0 aromatic carbocycles. The van der Waals surface area contributed by atoms with Gasteiger partial charge in [-0.2, -0.15) is 0 Å². The predicted octanol–water partition coefficient (Wildman–Crippen LogP) is 3.83. The summed E-state index contributed by atoms with van der Waals surface area (Å²) in [4.78, 5) is 11.5. The highest BCUT2D eigenvalue weighted by Gasteiger charge is 2.36. The van der Waals surface area contributed by atoms with Crippen molar-refractivity contribution in [1.82, 2.24) is 0 Å². The maximum absolute atomic E-state index is 11.5. The van der Waals surface area contributed by atoms with Crippen LogP contribution in [0.3, 0.4) is 0 Å². The maximum atomic E-state index is 11.5. The van der Waals surface area contributed by atoms with Crippen molar-refractivity contribution in [3.05, 3.63) is 12.2 Å². The highest BCUT2D eigenvalue weighted by Crippen LogP contribution is 2.42. The molecule has 0 heterocycles. The Morgan fingerprint density at radius 3 is 2.58 bits per heavy atom. The van der Waals surface area contributed by atoms with Gasteiger partial charge in [0.25, 0.3) is 0 Å². The molecule has 0 aromatic heterocycles. The zero-order valence-corrected chi connectivity index (χ0v) is 12.2. The van der Waals surface area contributed by atoms with Crippen LogP contribution in [0.1, 0.15) is 58.8 Å². The first-order valence-corrected chi connectivity index (χ1v) is 7.60. The molecule has 3 nitrogen and oxygen atoms in total. The van der Waals surface area contributed by atoms with Gasteiger partial charge in [-0.25, -0.2) is 4.79 Å². The summed E-state index contributed by atoms with van der Waals surface area (Å²) in [7, 11) is 0. The van der Waals surface area contributed by atoms with Crippen molar-refractivity contribution in [2.24, 2.45) is 11.8 Å². The molecule has 2 fully saturated rings. The molecule has 3 heteroatoms. The molecule has 19 heavy (non-hydrogen) atoms. The fraction of sp³-hybridized carbons (Fsp3) is 0.812. The van der Waals surface area contributed by atoms with Crippen molar-refractivity contribution in [1.29, 1.82) is 0 Å². The molecule has 0 aliphatic heterocycles. The Kier molecular flexibility index (Phi) is 5.03. The van der Waals surface area contributed by atoms with Crippen LogP contribution in [0.15, 0.2) is 12.2 Å². The van der Waals surface area contributed by atoms with E-state index >= 15 is 0 Å². The summed E-state index contributed by atoms with van der Waals surface area (Å²) in [6.07, 6.45) is 8.82. The standard InChI is InChI=1S/C16H26O3/c1-11(2)16(17)19-12(3)18-15-10-6-8-13-7-4-5-9-14(13)15/h12-15H,1,4-10H2,2-3H3. The molecule has 0 aromatic rings. The lowest BCUT2D eigenvalue weighted by molar-refractivity contribution is -0.194. The van der Waals surface area contributed by atoms with E-state index in [1.165, 1.54) is 38.5 Å². The van der Waals surface area contributed by atoms with Gasteiger partial charge in [0.1, 0.15) is 0 Å². The van der Waals surface area contributed by atoms with Crippen molar-refractivity contribution < 1.29 is 14.3 Å². The Labute approximate surface area is 116 Å². The molecule has 2 rings (SSSR count). The summed E-state index contributed by atoms with van der Waals surface area (Å²) >= 11 is 0. The smallest absolute Gasteiger partial charge is 0.335 e. The number of esters is 1. The van der Waals surface area contributed by atoms with Crippen molar-refractivity contribution in [3.63, 3.8) is 0 Å². The molecular weight excluding hydrogens is 240 g/mol. The molecule has 0 bridgehead atoms. The van der Waals surface area contributed by atoms with Crippen LogP contribution in [0.5, 0.6) is 0 Å². The van der Waals surface area contributed by atoms with Gasteiger partial charge in [-0.15, -0.1) is 0 Å². The average molecular weight is 266 g/mol. The number of carbonyl (C=O) groups is 1. The van der Waals surface area contributed by atoms with Crippen LogP contribution in [0, 0.1) is 11.8 Å². The van der Waals surface area contributed by atoms with E-state index in [4.69, 9.17) is 9.47 Å². The van der Waals surface area contributed by atoms with Crippen molar-refractivity contribution in [2.75, 3.05) is 0 Å². The van der Waals surface area contributed by atoms with Crippen LogP contribution in [0.25, 0.3) is 0 Å². The second kappa shape index (κ2) is 6.56. The summed E-state index contributed by atoms with van der Waals surface area (Å²) in [5.41, 5.74) is 0.426. The normalized spacial score (nSPS) is 32.2. The van der Waals surface area contributed by atoms with E-state index in [1.54, 1.807) is 6.92 Å². The second-order valence-electron chi connectivity index (χ2n) is 6.07. The predicted molar refractivity (Wildman–Crippen MR) is 74.5 cm³/mol. The highest BCUT2D eigenvalue weighted by atomic mass is 16.7. The number of hydrogen-bond donors (Lipinski definition) is 0. The molecule has 0 amide bonds. The first kappa shape index (κ1) is 14.6. The minimum absolute atomic E-state index is 0.270. The maximum Gasteiger partial charge on any atom is 0.335 e. The van der Waals surface area contributed by atoms with Gasteiger partial charge >= 0.3 is 5.97 Å². The van der Waals surface area contributed by atoms with Gasteiger partial charge in [-0.3, -0.25) is 0 Å². The van der Waals surface area contributed by atoms with Gasteiger partial charge in [-0.05, 0) is 44.9 Å². The lowest BCUT2D eigenvalue weighted by Crippen LogP contribution is -2.39. The Hall–Kier alpha value is -0.830. The van der Waals surface area contributed by atoms with Gasteiger partial charge in [0.15, 0.2) is 0 Å². The number of ether oxygens (including phenoxy) is 2. The fourth-order valence-electron chi connectivity index (χ4n) is 3.57. The SMILES string of the molecule is C=C(C)C(=O)OC(C)OC1CCCC2CCCCC21. The van der Waals surface area contributed by atoms with E-state index in [-0.39, 0.29) is 12.1 Å². The zero-order valence-electron chi connectivity index (χ0n) is 12.2. The van der Waals surface area contributed by atoms with Gasteiger partial charge in [0.2, 0.25) is 6.29 Å². The van der Waals surface area contributed by atoms with E-state index < -0.39 is 6.29 Å². The van der Waals surface area contributed by atoms with Gasteiger partial charge in [-0.1, -0.05) is 32.3 Å². The van der Waals surface area contributed by atoms with Gasteiger partial charge in [0.05, 0.1) is 6.10 Å². The van der Waals surface area contributed by atoms with Crippen LogP contribution in [-0.2, 0) is 14.3 Å².